The third-order valence-corrected chi connectivity index (χ3v) is 6.36. The van der Waals surface area contributed by atoms with Gasteiger partial charge < -0.3 is 5.73 Å². The number of rotatable bonds is 5. The molecule has 20 heavy (non-hydrogen) atoms. The fourth-order valence-corrected chi connectivity index (χ4v) is 5.09. The largest absolute Gasteiger partial charge is 0.330 e. The Morgan fingerprint density at radius 1 is 1.30 bits per heavy atom. The van der Waals surface area contributed by atoms with Crippen molar-refractivity contribution in [2.24, 2.45) is 17.6 Å². The van der Waals surface area contributed by atoms with Crippen molar-refractivity contribution in [3.05, 3.63) is 28.2 Å². The molecule has 0 aromatic heterocycles. The van der Waals surface area contributed by atoms with Crippen molar-refractivity contribution < 1.29 is 0 Å². The van der Waals surface area contributed by atoms with Gasteiger partial charge >= 0.3 is 0 Å². The molecule has 0 amide bonds. The first-order valence-corrected chi connectivity index (χ1v) is 9.09. The highest BCUT2D eigenvalue weighted by Crippen LogP contribution is 2.43. The molecule has 1 aromatic carbocycles. The Labute approximate surface area is 136 Å². The molecule has 3 atom stereocenters. The molecule has 112 valence electrons. The summed E-state index contributed by atoms with van der Waals surface area (Å²) in [6, 6.07) is 5.71. The van der Waals surface area contributed by atoms with Gasteiger partial charge in [0.05, 0.1) is 5.02 Å². The number of benzene rings is 1. The maximum atomic E-state index is 6.29. The second-order valence-electron chi connectivity index (χ2n) is 5.69. The van der Waals surface area contributed by atoms with Crippen molar-refractivity contribution in [2.75, 3.05) is 6.54 Å². The van der Waals surface area contributed by atoms with Crippen LogP contribution in [-0.4, -0.2) is 11.8 Å². The number of hydrogen-bond acceptors (Lipinski definition) is 2. The van der Waals surface area contributed by atoms with Crippen molar-refractivity contribution in [2.45, 2.75) is 49.2 Å². The van der Waals surface area contributed by atoms with Gasteiger partial charge in [0.15, 0.2) is 0 Å². The number of halogens is 2. The average Bonchev–Trinajstić information content (AvgIpc) is 2.44. The predicted octanol–water partition coefficient (Wildman–Crippen LogP) is 5.63. The van der Waals surface area contributed by atoms with Crippen LogP contribution in [0.3, 0.4) is 0 Å². The molecule has 3 unspecified atom stereocenters. The van der Waals surface area contributed by atoms with Gasteiger partial charge in [-0.1, -0.05) is 49.4 Å². The highest BCUT2D eigenvalue weighted by molar-refractivity contribution is 8.00. The van der Waals surface area contributed by atoms with Gasteiger partial charge in [-0.2, -0.15) is 0 Å². The third-order valence-electron chi connectivity index (χ3n) is 4.21. The van der Waals surface area contributed by atoms with Gasteiger partial charge in [0.1, 0.15) is 0 Å². The molecule has 4 heteroatoms. The summed E-state index contributed by atoms with van der Waals surface area (Å²) in [5.74, 6) is 1.45. The summed E-state index contributed by atoms with van der Waals surface area (Å²) in [6.45, 7) is 3.04. The van der Waals surface area contributed by atoms with Crippen LogP contribution in [0.2, 0.25) is 10.0 Å². The second-order valence-corrected chi connectivity index (χ2v) is 7.82. The summed E-state index contributed by atoms with van der Waals surface area (Å²) >= 11 is 14.3. The molecule has 1 aliphatic rings. The van der Waals surface area contributed by atoms with E-state index in [-0.39, 0.29) is 0 Å². The monoisotopic (exact) mass is 331 g/mol. The van der Waals surface area contributed by atoms with E-state index in [1.54, 1.807) is 0 Å². The van der Waals surface area contributed by atoms with Crippen LogP contribution in [0.25, 0.3) is 0 Å². The van der Waals surface area contributed by atoms with Crippen LogP contribution in [-0.2, 0) is 0 Å². The van der Waals surface area contributed by atoms with E-state index in [1.807, 2.05) is 30.0 Å². The van der Waals surface area contributed by atoms with E-state index in [2.05, 4.69) is 6.92 Å². The Balaban J connectivity index is 2.09. The molecule has 1 aliphatic carbocycles. The third kappa shape index (κ3) is 4.30. The molecular weight excluding hydrogens is 309 g/mol. The highest BCUT2D eigenvalue weighted by Gasteiger charge is 2.30. The van der Waals surface area contributed by atoms with Crippen LogP contribution in [0, 0.1) is 11.8 Å². The Morgan fingerprint density at radius 3 is 2.80 bits per heavy atom. The zero-order chi connectivity index (χ0) is 14.5. The first kappa shape index (κ1) is 16.5. The fraction of sp³-hybridized carbons (Fsp3) is 0.625. The number of hydrogen-bond donors (Lipinski definition) is 1. The normalized spacial score (nSPS) is 26.7. The van der Waals surface area contributed by atoms with Crippen molar-refractivity contribution >= 4 is 35.0 Å². The molecule has 0 bridgehead atoms. The van der Waals surface area contributed by atoms with Crippen LogP contribution >= 0.6 is 35.0 Å². The zero-order valence-electron chi connectivity index (χ0n) is 11.9. The van der Waals surface area contributed by atoms with Crippen molar-refractivity contribution in [1.29, 1.82) is 0 Å². The standard InChI is InChI=1S/C16H23Cl2NS/c1-2-3-11-4-5-12(10-19)15(8-11)20-16-9-13(17)6-7-14(16)18/h6-7,9,11-12,15H,2-5,8,10,19H2,1H3. The Morgan fingerprint density at radius 2 is 2.10 bits per heavy atom. The lowest BCUT2D eigenvalue weighted by atomic mass is 9.80. The molecule has 1 fully saturated rings. The first-order chi connectivity index (χ1) is 9.63. The molecule has 0 radical (unpaired) electrons. The van der Waals surface area contributed by atoms with Crippen LogP contribution in [0.4, 0.5) is 0 Å². The second kappa shape index (κ2) is 7.93. The summed E-state index contributed by atoms with van der Waals surface area (Å²) in [5, 5.41) is 2.12. The minimum Gasteiger partial charge on any atom is -0.330 e. The van der Waals surface area contributed by atoms with Gasteiger partial charge in [-0.3, -0.25) is 0 Å². The quantitative estimate of drug-likeness (QED) is 0.756. The van der Waals surface area contributed by atoms with E-state index in [0.717, 1.165) is 27.4 Å². The average molecular weight is 332 g/mol. The Kier molecular flexibility index (Phi) is 6.54. The molecular formula is C16H23Cl2NS. The SMILES string of the molecule is CCCC1CCC(CN)C(Sc2cc(Cl)ccc2Cl)C1. The molecule has 0 spiro atoms. The van der Waals surface area contributed by atoms with Gasteiger partial charge in [-0.15, -0.1) is 11.8 Å². The van der Waals surface area contributed by atoms with Crippen LogP contribution in [0.5, 0.6) is 0 Å². The van der Waals surface area contributed by atoms with E-state index < -0.39 is 0 Å². The minimum atomic E-state index is 0.571. The summed E-state index contributed by atoms with van der Waals surface area (Å²) in [7, 11) is 0. The van der Waals surface area contributed by atoms with E-state index >= 15 is 0 Å². The summed E-state index contributed by atoms with van der Waals surface area (Å²) in [4.78, 5) is 1.10. The lowest BCUT2D eigenvalue weighted by Crippen LogP contribution is -2.32. The molecule has 2 N–H and O–H groups in total. The van der Waals surface area contributed by atoms with E-state index in [9.17, 15) is 0 Å². The summed E-state index contributed by atoms with van der Waals surface area (Å²) in [6.07, 6.45) is 6.43. The molecule has 1 nitrogen and oxygen atoms in total. The number of nitrogens with two attached hydrogens (primary N) is 1. The Hall–Kier alpha value is 0.110. The van der Waals surface area contributed by atoms with Crippen LogP contribution in [0.15, 0.2) is 23.1 Å². The maximum absolute atomic E-state index is 6.29. The molecule has 1 aromatic rings. The molecule has 0 saturated heterocycles. The smallest absolute Gasteiger partial charge is 0.0542 e. The van der Waals surface area contributed by atoms with E-state index in [0.29, 0.717) is 11.2 Å². The van der Waals surface area contributed by atoms with Gasteiger partial charge in [0, 0.05) is 15.2 Å². The summed E-state index contributed by atoms with van der Waals surface area (Å²) < 4.78 is 0. The maximum Gasteiger partial charge on any atom is 0.0542 e. The van der Waals surface area contributed by atoms with Crippen molar-refractivity contribution in [3.8, 4) is 0 Å². The topological polar surface area (TPSA) is 26.0 Å². The van der Waals surface area contributed by atoms with Gasteiger partial charge in [0.25, 0.3) is 0 Å². The molecule has 1 saturated carbocycles. The predicted molar refractivity (Wildman–Crippen MR) is 90.9 cm³/mol. The molecule has 2 rings (SSSR count). The molecule has 0 aliphatic heterocycles. The summed E-state index contributed by atoms with van der Waals surface area (Å²) in [5.41, 5.74) is 5.96. The fourth-order valence-electron chi connectivity index (χ4n) is 3.09. The van der Waals surface area contributed by atoms with E-state index in [4.69, 9.17) is 28.9 Å². The molecule has 0 heterocycles. The van der Waals surface area contributed by atoms with Crippen LogP contribution in [0.1, 0.15) is 39.0 Å². The van der Waals surface area contributed by atoms with E-state index in [1.165, 1.54) is 32.1 Å². The van der Waals surface area contributed by atoms with Gasteiger partial charge in [-0.05, 0) is 49.4 Å². The first-order valence-electron chi connectivity index (χ1n) is 7.45. The lowest BCUT2D eigenvalue weighted by Gasteiger charge is -2.35. The van der Waals surface area contributed by atoms with Crippen molar-refractivity contribution in [1.82, 2.24) is 0 Å². The zero-order valence-corrected chi connectivity index (χ0v) is 14.3. The Bertz CT molecular complexity index is 438. The highest BCUT2D eigenvalue weighted by atomic mass is 35.5. The lowest BCUT2D eigenvalue weighted by molar-refractivity contribution is 0.276. The van der Waals surface area contributed by atoms with Crippen LogP contribution < -0.4 is 5.73 Å². The minimum absolute atomic E-state index is 0.571. The van der Waals surface area contributed by atoms with Gasteiger partial charge in [0.2, 0.25) is 0 Å². The van der Waals surface area contributed by atoms with Crippen molar-refractivity contribution in [3.63, 3.8) is 0 Å². The number of thioether (sulfide) groups is 1. The van der Waals surface area contributed by atoms with Gasteiger partial charge in [-0.25, -0.2) is 0 Å².